The lowest BCUT2D eigenvalue weighted by Gasteiger charge is -2.05. The van der Waals surface area contributed by atoms with Gasteiger partial charge in [-0.05, 0) is 25.1 Å². The van der Waals surface area contributed by atoms with E-state index in [1.807, 2.05) is 0 Å². The normalized spacial score (nSPS) is 9.13. The molecule has 0 saturated heterocycles. The SMILES string of the molecule is Cl.NCCCC(=O)Nc1ccccc1O. The van der Waals surface area contributed by atoms with Gasteiger partial charge in [0.1, 0.15) is 5.75 Å². The third kappa shape index (κ3) is 4.67. The molecule has 0 bridgehead atoms. The topological polar surface area (TPSA) is 75.4 Å². The first-order valence-corrected chi connectivity index (χ1v) is 4.52. The number of benzene rings is 1. The predicted molar refractivity (Wildman–Crippen MR) is 62.3 cm³/mol. The number of carbonyl (C=O) groups is 1. The number of nitrogens with one attached hydrogen (secondary N) is 1. The number of phenolic OH excluding ortho intramolecular Hbond substituents is 1. The van der Waals surface area contributed by atoms with E-state index in [0.717, 1.165) is 0 Å². The molecule has 0 saturated carbocycles. The molecule has 0 atom stereocenters. The van der Waals surface area contributed by atoms with Crippen LogP contribution in [0.15, 0.2) is 24.3 Å². The molecule has 1 aromatic rings. The van der Waals surface area contributed by atoms with Crippen LogP contribution in [0.1, 0.15) is 12.8 Å². The molecule has 5 heteroatoms. The van der Waals surface area contributed by atoms with E-state index in [0.29, 0.717) is 25.1 Å². The Morgan fingerprint density at radius 1 is 1.40 bits per heavy atom. The summed E-state index contributed by atoms with van der Waals surface area (Å²) in [4.78, 5) is 11.2. The average molecular weight is 231 g/mol. The van der Waals surface area contributed by atoms with Gasteiger partial charge in [-0.3, -0.25) is 4.79 Å². The summed E-state index contributed by atoms with van der Waals surface area (Å²) in [6.07, 6.45) is 1.03. The van der Waals surface area contributed by atoms with E-state index in [4.69, 9.17) is 5.73 Å². The third-order valence-corrected chi connectivity index (χ3v) is 1.79. The van der Waals surface area contributed by atoms with Crippen molar-refractivity contribution in [1.82, 2.24) is 0 Å². The van der Waals surface area contributed by atoms with Crippen LogP contribution in [0.5, 0.6) is 5.75 Å². The number of halogens is 1. The van der Waals surface area contributed by atoms with Crippen LogP contribution in [-0.2, 0) is 4.79 Å². The zero-order chi connectivity index (χ0) is 10.4. The fraction of sp³-hybridized carbons (Fsp3) is 0.300. The molecule has 0 aliphatic heterocycles. The maximum absolute atomic E-state index is 11.2. The molecule has 0 heterocycles. The highest BCUT2D eigenvalue weighted by atomic mass is 35.5. The summed E-state index contributed by atoms with van der Waals surface area (Å²) in [7, 11) is 0. The molecule has 0 aliphatic rings. The van der Waals surface area contributed by atoms with Crippen molar-refractivity contribution in [1.29, 1.82) is 0 Å². The molecule has 0 radical (unpaired) electrons. The number of carbonyl (C=O) groups excluding carboxylic acids is 1. The number of para-hydroxylation sites is 2. The Morgan fingerprint density at radius 2 is 2.07 bits per heavy atom. The molecule has 0 fully saturated rings. The van der Waals surface area contributed by atoms with Gasteiger partial charge in [-0.1, -0.05) is 12.1 Å². The lowest BCUT2D eigenvalue weighted by atomic mass is 10.2. The lowest BCUT2D eigenvalue weighted by molar-refractivity contribution is -0.116. The van der Waals surface area contributed by atoms with Gasteiger partial charge in [0.05, 0.1) is 5.69 Å². The van der Waals surface area contributed by atoms with Crippen molar-refractivity contribution in [3.05, 3.63) is 24.3 Å². The molecular weight excluding hydrogens is 216 g/mol. The average Bonchev–Trinajstić information content (AvgIpc) is 2.18. The van der Waals surface area contributed by atoms with Crippen LogP contribution in [0.4, 0.5) is 5.69 Å². The predicted octanol–water partition coefficient (Wildman–Crippen LogP) is 1.49. The van der Waals surface area contributed by atoms with Gasteiger partial charge in [-0.2, -0.15) is 0 Å². The van der Waals surface area contributed by atoms with Crippen LogP contribution in [0.3, 0.4) is 0 Å². The summed E-state index contributed by atoms with van der Waals surface area (Å²) < 4.78 is 0. The molecule has 1 amide bonds. The van der Waals surface area contributed by atoms with Crippen LogP contribution in [-0.4, -0.2) is 17.6 Å². The van der Waals surface area contributed by atoms with E-state index in [9.17, 15) is 9.90 Å². The Hall–Kier alpha value is -1.26. The molecule has 84 valence electrons. The smallest absolute Gasteiger partial charge is 0.224 e. The molecule has 1 aromatic carbocycles. The third-order valence-electron chi connectivity index (χ3n) is 1.79. The Morgan fingerprint density at radius 3 is 2.67 bits per heavy atom. The molecule has 4 N–H and O–H groups in total. The summed E-state index contributed by atoms with van der Waals surface area (Å²) >= 11 is 0. The number of hydrogen-bond donors (Lipinski definition) is 3. The Balaban J connectivity index is 0.00000196. The van der Waals surface area contributed by atoms with Crippen molar-refractivity contribution in [2.75, 3.05) is 11.9 Å². The minimum atomic E-state index is -0.128. The van der Waals surface area contributed by atoms with Crippen LogP contribution in [0.2, 0.25) is 0 Å². The van der Waals surface area contributed by atoms with Crippen LogP contribution < -0.4 is 11.1 Å². The maximum Gasteiger partial charge on any atom is 0.224 e. The Bertz CT molecular complexity index is 318. The van der Waals surface area contributed by atoms with Crippen molar-refractivity contribution in [2.24, 2.45) is 5.73 Å². The van der Waals surface area contributed by atoms with Crippen LogP contribution in [0, 0.1) is 0 Å². The maximum atomic E-state index is 11.2. The van der Waals surface area contributed by atoms with E-state index in [2.05, 4.69) is 5.32 Å². The number of nitrogens with two attached hydrogens (primary N) is 1. The molecule has 4 nitrogen and oxygen atoms in total. The van der Waals surface area contributed by atoms with E-state index < -0.39 is 0 Å². The number of anilines is 1. The van der Waals surface area contributed by atoms with Crippen molar-refractivity contribution in [2.45, 2.75) is 12.8 Å². The minimum absolute atomic E-state index is 0. The zero-order valence-electron chi connectivity index (χ0n) is 8.27. The summed E-state index contributed by atoms with van der Waals surface area (Å²) in [6, 6.07) is 6.62. The molecule has 0 spiro atoms. The summed E-state index contributed by atoms with van der Waals surface area (Å²) in [5.41, 5.74) is 5.71. The zero-order valence-corrected chi connectivity index (χ0v) is 9.09. The lowest BCUT2D eigenvalue weighted by Crippen LogP contribution is -2.13. The van der Waals surface area contributed by atoms with Gasteiger partial charge in [0.15, 0.2) is 0 Å². The second-order valence-corrected chi connectivity index (χ2v) is 2.96. The van der Waals surface area contributed by atoms with Crippen LogP contribution >= 0.6 is 12.4 Å². The largest absolute Gasteiger partial charge is 0.506 e. The highest BCUT2D eigenvalue weighted by Gasteiger charge is 2.04. The summed E-state index contributed by atoms with van der Waals surface area (Å²) in [5, 5.41) is 11.9. The Kier molecular flexibility index (Phi) is 6.49. The molecule has 15 heavy (non-hydrogen) atoms. The summed E-state index contributed by atoms with van der Waals surface area (Å²) in [5.74, 6) is -0.0504. The Labute approximate surface area is 94.9 Å². The van der Waals surface area contributed by atoms with Gasteiger partial charge < -0.3 is 16.2 Å². The standard InChI is InChI=1S/C10H14N2O2.ClH/c11-7-3-6-10(14)12-8-4-1-2-5-9(8)13;/h1-2,4-5,13H,3,6-7,11H2,(H,12,14);1H. The minimum Gasteiger partial charge on any atom is -0.506 e. The molecular formula is C10H15ClN2O2. The van der Waals surface area contributed by atoms with E-state index in [-0.39, 0.29) is 24.1 Å². The number of aromatic hydroxyl groups is 1. The van der Waals surface area contributed by atoms with Gasteiger partial charge in [-0.25, -0.2) is 0 Å². The van der Waals surface area contributed by atoms with Crippen LogP contribution in [0.25, 0.3) is 0 Å². The fourth-order valence-electron chi connectivity index (χ4n) is 1.05. The van der Waals surface area contributed by atoms with Gasteiger partial charge in [0, 0.05) is 6.42 Å². The highest BCUT2D eigenvalue weighted by molar-refractivity contribution is 5.92. The van der Waals surface area contributed by atoms with E-state index in [1.54, 1.807) is 18.2 Å². The fourth-order valence-corrected chi connectivity index (χ4v) is 1.05. The van der Waals surface area contributed by atoms with E-state index in [1.165, 1.54) is 6.07 Å². The number of phenols is 1. The van der Waals surface area contributed by atoms with Gasteiger partial charge in [0.25, 0.3) is 0 Å². The first-order chi connectivity index (χ1) is 6.74. The van der Waals surface area contributed by atoms with Crippen molar-refractivity contribution >= 4 is 24.0 Å². The molecule has 1 rings (SSSR count). The van der Waals surface area contributed by atoms with E-state index >= 15 is 0 Å². The second kappa shape index (κ2) is 7.09. The van der Waals surface area contributed by atoms with Gasteiger partial charge in [-0.15, -0.1) is 12.4 Å². The molecule has 0 aliphatic carbocycles. The number of hydrogen-bond acceptors (Lipinski definition) is 3. The summed E-state index contributed by atoms with van der Waals surface area (Å²) in [6.45, 7) is 0.494. The molecule has 0 unspecified atom stereocenters. The van der Waals surface area contributed by atoms with Crippen molar-refractivity contribution in [3.63, 3.8) is 0 Å². The second-order valence-electron chi connectivity index (χ2n) is 2.96. The monoisotopic (exact) mass is 230 g/mol. The van der Waals surface area contributed by atoms with Crippen molar-refractivity contribution < 1.29 is 9.90 Å². The highest BCUT2D eigenvalue weighted by Crippen LogP contribution is 2.21. The number of rotatable bonds is 4. The van der Waals surface area contributed by atoms with Gasteiger partial charge in [0.2, 0.25) is 5.91 Å². The molecule has 0 aromatic heterocycles. The van der Waals surface area contributed by atoms with Crippen molar-refractivity contribution in [3.8, 4) is 5.75 Å². The first-order valence-electron chi connectivity index (χ1n) is 4.52. The quantitative estimate of drug-likeness (QED) is 0.686. The number of amides is 1. The van der Waals surface area contributed by atoms with Gasteiger partial charge >= 0.3 is 0 Å². The first kappa shape index (κ1) is 13.7.